The van der Waals surface area contributed by atoms with Crippen LogP contribution in [0.5, 0.6) is 11.5 Å². The number of carbonyl (C=O) groups excluding carboxylic acids is 3. The van der Waals surface area contributed by atoms with Gasteiger partial charge in [-0.25, -0.2) is 9.89 Å². The zero-order valence-corrected chi connectivity index (χ0v) is 23.4. The summed E-state index contributed by atoms with van der Waals surface area (Å²) in [7, 11) is 3.14. The van der Waals surface area contributed by atoms with Crippen molar-refractivity contribution in [3.63, 3.8) is 0 Å². The summed E-state index contributed by atoms with van der Waals surface area (Å²) in [6.07, 6.45) is 0.368. The number of thioether (sulfide) groups is 1. The summed E-state index contributed by atoms with van der Waals surface area (Å²) in [6.45, 7) is 0.320. The van der Waals surface area contributed by atoms with E-state index in [0.717, 1.165) is 22.9 Å². The highest BCUT2D eigenvalue weighted by Crippen LogP contribution is 2.34. The van der Waals surface area contributed by atoms with Crippen molar-refractivity contribution in [2.45, 2.75) is 25.4 Å². The van der Waals surface area contributed by atoms with Crippen LogP contribution in [-0.2, 0) is 20.9 Å². The average Bonchev–Trinajstić information content (AvgIpc) is 3.34. The minimum atomic E-state index is -0.732. The van der Waals surface area contributed by atoms with Crippen LogP contribution in [0.4, 0.5) is 11.4 Å². The van der Waals surface area contributed by atoms with Crippen LogP contribution in [-0.4, -0.2) is 59.6 Å². The van der Waals surface area contributed by atoms with Gasteiger partial charge in [0.15, 0.2) is 5.17 Å². The number of fused-ring (bicyclic) bond motifs is 3. The molecule has 0 fully saturated rings. The third-order valence-electron chi connectivity index (χ3n) is 6.55. The van der Waals surface area contributed by atoms with Crippen LogP contribution in [0, 0.1) is 0 Å². The molecular weight excluding hydrogens is 542 g/mol. The minimum Gasteiger partial charge on any atom is -0.497 e. The maximum absolute atomic E-state index is 13.5. The number of para-hydroxylation sites is 2. The monoisotopic (exact) mass is 571 g/mol. The van der Waals surface area contributed by atoms with Crippen molar-refractivity contribution in [3.05, 3.63) is 83.9 Å². The number of rotatable bonds is 10. The second-order valence-corrected chi connectivity index (χ2v) is 10.2. The molecule has 210 valence electrons. The predicted octanol–water partition coefficient (Wildman–Crippen LogP) is 4.13. The Labute approximate surface area is 241 Å². The van der Waals surface area contributed by atoms with Gasteiger partial charge >= 0.3 is 0 Å². The third-order valence-corrected chi connectivity index (χ3v) is 7.49. The molecular formula is C30H29N5O5S. The molecule has 10 nitrogen and oxygen atoms in total. The van der Waals surface area contributed by atoms with Crippen LogP contribution in [0.15, 0.2) is 82.8 Å². The van der Waals surface area contributed by atoms with Gasteiger partial charge in [-0.15, -0.1) is 0 Å². The molecule has 0 saturated carbocycles. The number of ether oxygens (including phenoxy) is 2. The normalized spacial score (nSPS) is 15.3. The van der Waals surface area contributed by atoms with Crippen molar-refractivity contribution >= 4 is 51.9 Å². The number of hydrogen-bond acceptors (Lipinski definition) is 8. The molecule has 3 amide bonds. The number of aliphatic imine (C=N–C) groups is 2. The molecule has 0 radical (unpaired) electrons. The number of amidine groups is 2. The lowest BCUT2D eigenvalue weighted by Crippen LogP contribution is -2.41. The molecule has 0 saturated heterocycles. The molecule has 0 aromatic heterocycles. The van der Waals surface area contributed by atoms with Crippen LogP contribution in [0.1, 0.15) is 24.0 Å². The van der Waals surface area contributed by atoms with E-state index in [4.69, 9.17) is 14.5 Å². The van der Waals surface area contributed by atoms with E-state index in [1.54, 1.807) is 38.5 Å². The summed E-state index contributed by atoms with van der Waals surface area (Å²) >= 11 is 1.15. The Kier molecular flexibility index (Phi) is 8.64. The van der Waals surface area contributed by atoms with Crippen LogP contribution >= 0.6 is 11.8 Å². The molecule has 0 aliphatic carbocycles. The van der Waals surface area contributed by atoms with E-state index in [0.29, 0.717) is 40.4 Å². The average molecular weight is 572 g/mol. The molecule has 1 unspecified atom stereocenters. The highest BCUT2D eigenvalue weighted by Gasteiger charge is 2.41. The van der Waals surface area contributed by atoms with Crippen LogP contribution in [0.2, 0.25) is 0 Å². The lowest BCUT2D eigenvalue weighted by atomic mass is 10.1. The first kappa shape index (κ1) is 27.9. The lowest BCUT2D eigenvalue weighted by Gasteiger charge is -2.25. The Balaban J connectivity index is 1.23. The van der Waals surface area contributed by atoms with Gasteiger partial charge in [0.1, 0.15) is 23.4 Å². The number of nitrogens with one attached hydrogen (secondary N) is 2. The van der Waals surface area contributed by atoms with Crippen molar-refractivity contribution in [1.82, 2.24) is 10.2 Å². The van der Waals surface area contributed by atoms with Gasteiger partial charge in [-0.1, -0.05) is 48.2 Å². The lowest BCUT2D eigenvalue weighted by molar-refractivity contribution is -0.125. The van der Waals surface area contributed by atoms with Crippen LogP contribution < -0.4 is 20.1 Å². The van der Waals surface area contributed by atoms with Gasteiger partial charge in [0.25, 0.3) is 5.91 Å². The van der Waals surface area contributed by atoms with Gasteiger partial charge in [0.05, 0.1) is 25.7 Å². The minimum absolute atomic E-state index is 0.0330. The Morgan fingerprint density at radius 2 is 1.78 bits per heavy atom. The summed E-state index contributed by atoms with van der Waals surface area (Å²) in [4.78, 5) is 49.6. The summed E-state index contributed by atoms with van der Waals surface area (Å²) in [5.41, 5.74) is 2.87. The van der Waals surface area contributed by atoms with Gasteiger partial charge in [-0.2, -0.15) is 0 Å². The van der Waals surface area contributed by atoms with Crippen molar-refractivity contribution in [2.75, 3.05) is 25.3 Å². The number of nitrogens with zero attached hydrogens (tertiary/aromatic N) is 3. The molecule has 11 heteroatoms. The van der Waals surface area contributed by atoms with E-state index >= 15 is 0 Å². The summed E-state index contributed by atoms with van der Waals surface area (Å²) in [5, 5.41) is 6.10. The van der Waals surface area contributed by atoms with Crippen molar-refractivity contribution < 1.29 is 23.9 Å². The van der Waals surface area contributed by atoms with E-state index < -0.39 is 6.04 Å². The van der Waals surface area contributed by atoms with Crippen LogP contribution in [0.25, 0.3) is 0 Å². The molecule has 0 spiro atoms. The Morgan fingerprint density at radius 1 is 0.976 bits per heavy atom. The standard InChI is InChI=1S/C30H29N5O5S/c1-39-21-10-7-9-20(16-21)32-27(37)18-41-30-34-23-12-5-4-11-22(23)28-33-24(29(38)35(28)30)14-15-26(36)31-17-19-8-3-6-13-25(19)40-2/h3-13,16,24H,14-15,17-18H2,1-2H3,(H,31,36)(H,32,37). The van der Waals surface area contributed by atoms with E-state index in [1.807, 2.05) is 48.5 Å². The number of amides is 3. The SMILES string of the molecule is COc1cccc(NC(=O)CSC2=Nc3ccccc3C3=NC(CCC(=O)NCc4ccccc4OC)C(=O)N23)c1. The predicted molar refractivity (Wildman–Crippen MR) is 159 cm³/mol. The number of benzene rings is 3. The van der Waals surface area contributed by atoms with Gasteiger partial charge < -0.3 is 20.1 Å². The van der Waals surface area contributed by atoms with Crippen molar-refractivity contribution in [2.24, 2.45) is 9.98 Å². The molecule has 2 N–H and O–H groups in total. The first-order chi connectivity index (χ1) is 20.0. The van der Waals surface area contributed by atoms with Crippen molar-refractivity contribution in [1.29, 1.82) is 0 Å². The first-order valence-corrected chi connectivity index (χ1v) is 14.0. The zero-order valence-electron chi connectivity index (χ0n) is 22.6. The molecule has 3 aromatic carbocycles. The molecule has 5 rings (SSSR count). The zero-order chi connectivity index (χ0) is 28.8. The van der Waals surface area contributed by atoms with E-state index in [9.17, 15) is 14.4 Å². The van der Waals surface area contributed by atoms with Gasteiger partial charge in [-0.3, -0.25) is 19.4 Å². The Bertz CT molecular complexity index is 1540. The number of carbonyl (C=O) groups is 3. The van der Waals surface area contributed by atoms with Gasteiger partial charge in [0.2, 0.25) is 11.8 Å². The second-order valence-electron chi connectivity index (χ2n) is 9.25. The topological polar surface area (TPSA) is 122 Å². The molecule has 41 heavy (non-hydrogen) atoms. The fourth-order valence-corrected chi connectivity index (χ4v) is 5.31. The van der Waals surface area contributed by atoms with Crippen molar-refractivity contribution in [3.8, 4) is 11.5 Å². The molecule has 2 aliphatic heterocycles. The Morgan fingerprint density at radius 3 is 2.61 bits per heavy atom. The first-order valence-electron chi connectivity index (χ1n) is 13.0. The highest BCUT2D eigenvalue weighted by molar-refractivity contribution is 8.14. The summed E-state index contributed by atoms with van der Waals surface area (Å²) in [6, 6.07) is 21.2. The number of hydrogen-bond donors (Lipinski definition) is 2. The van der Waals surface area contributed by atoms with Crippen LogP contribution in [0.3, 0.4) is 0 Å². The summed E-state index contributed by atoms with van der Waals surface area (Å²) < 4.78 is 10.5. The number of anilines is 1. The maximum Gasteiger partial charge on any atom is 0.259 e. The maximum atomic E-state index is 13.5. The molecule has 2 aliphatic rings. The molecule has 0 bridgehead atoms. The molecule has 3 aromatic rings. The highest BCUT2D eigenvalue weighted by atomic mass is 32.2. The quantitative estimate of drug-likeness (QED) is 0.378. The van der Waals surface area contributed by atoms with E-state index in [2.05, 4.69) is 15.6 Å². The number of methoxy groups -OCH3 is 2. The van der Waals surface area contributed by atoms with E-state index in [-0.39, 0.29) is 36.3 Å². The van der Waals surface area contributed by atoms with E-state index in [1.165, 1.54) is 4.90 Å². The van der Waals surface area contributed by atoms with Gasteiger partial charge in [-0.05, 0) is 36.8 Å². The third kappa shape index (κ3) is 6.41. The fraction of sp³-hybridized carbons (Fsp3) is 0.233. The molecule has 1 atom stereocenters. The largest absolute Gasteiger partial charge is 0.497 e. The molecule has 2 heterocycles. The Hall–Kier alpha value is -4.64. The second kappa shape index (κ2) is 12.7. The smallest absolute Gasteiger partial charge is 0.259 e. The fourth-order valence-electron chi connectivity index (χ4n) is 4.51. The summed E-state index contributed by atoms with van der Waals surface area (Å²) in [5.74, 6) is 1.13. The van der Waals surface area contributed by atoms with Gasteiger partial charge in [0, 0.05) is 35.8 Å².